The highest BCUT2D eigenvalue weighted by molar-refractivity contribution is 6.25. The first-order valence-electron chi connectivity index (χ1n) is 5.91. The van der Waals surface area contributed by atoms with Gasteiger partial charge in [0.1, 0.15) is 0 Å². The maximum atomic E-state index is 5.59. The molecule has 2 atom stereocenters. The highest BCUT2D eigenvalue weighted by Crippen LogP contribution is 2.34. The smallest absolute Gasteiger partial charge is 0.0177 e. The Bertz CT molecular complexity index is 200. The molecule has 0 aromatic rings. The van der Waals surface area contributed by atoms with Crippen molar-refractivity contribution in [3.05, 3.63) is 11.6 Å². The molecule has 0 bridgehead atoms. The van der Waals surface area contributed by atoms with Gasteiger partial charge in [0.2, 0.25) is 0 Å². The topological polar surface area (TPSA) is 3.24 Å². The molecule has 80 valence electrons. The average molecular weight is 214 g/mol. The molecular weight excluding hydrogens is 194 g/mol. The first-order valence-corrected chi connectivity index (χ1v) is 6.34. The standard InChI is InChI=1S/C12H20ClN/c13-8-4-10-14-9-3-6-11-5-1-2-7-12(11)14/h4,8,11-12H,1-3,5-7,9-10H2/b8-4+. The molecule has 1 heterocycles. The molecule has 14 heavy (non-hydrogen) atoms. The molecule has 0 N–H and O–H groups in total. The second-order valence-electron chi connectivity index (χ2n) is 4.61. The van der Waals surface area contributed by atoms with Gasteiger partial charge >= 0.3 is 0 Å². The van der Waals surface area contributed by atoms with E-state index in [9.17, 15) is 0 Å². The molecular formula is C12H20ClN. The second kappa shape index (κ2) is 5.18. The Hall–Kier alpha value is -0.0100. The molecule has 2 fully saturated rings. The van der Waals surface area contributed by atoms with Gasteiger partial charge in [-0.15, -0.1) is 0 Å². The van der Waals surface area contributed by atoms with Gasteiger partial charge in [0.05, 0.1) is 0 Å². The number of halogens is 1. The molecule has 2 aliphatic rings. The van der Waals surface area contributed by atoms with Crippen molar-refractivity contribution < 1.29 is 0 Å². The molecule has 1 saturated carbocycles. The lowest BCUT2D eigenvalue weighted by Gasteiger charge is -2.43. The Labute approximate surface area is 92.1 Å². The molecule has 1 aliphatic carbocycles. The fraction of sp³-hybridized carbons (Fsp3) is 0.833. The third-order valence-electron chi connectivity index (χ3n) is 3.79. The summed E-state index contributed by atoms with van der Waals surface area (Å²) in [5.41, 5.74) is 1.66. The minimum absolute atomic E-state index is 0.866. The molecule has 2 heteroatoms. The molecule has 1 aliphatic heterocycles. The van der Waals surface area contributed by atoms with Crippen molar-refractivity contribution in [1.82, 2.24) is 4.90 Å². The molecule has 0 aromatic heterocycles. The molecule has 1 saturated heterocycles. The summed E-state index contributed by atoms with van der Waals surface area (Å²) in [6.45, 7) is 2.34. The van der Waals surface area contributed by atoms with Crippen LogP contribution in [0, 0.1) is 5.92 Å². The number of piperidine rings is 1. The minimum atomic E-state index is 0.866. The number of hydrogen-bond acceptors (Lipinski definition) is 1. The lowest BCUT2D eigenvalue weighted by molar-refractivity contribution is 0.0712. The largest absolute Gasteiger partial charge is 0.296 e. The van der Waals surface area contributed by atoms with Crippen LogP contribution in [-0.2, 0) is 0 Å². The van der Waals surface area contributed by atoms with Gasteiger partial charge in [-0.05, 0) is 38.1 Å². The predicted molar refractivity (Wildman–Crippen MR) is 61.5 cm³/mol. The summed E-state index contributed by atoms with van der Waals surface area (Å²) < 4.78 is 0. The quantitative estimate of drug-likeness (QED) is 0.680. The first-order chi connectivity index (χ1) is 6.92. The number of likely N-dealkylation sites (tertiary alicyclic amines) is 1. The Morgan fingerprint density at radius 3 is 2.79 bits per heavy atom. The summed E-state index contributed by atoms with van der Waals surface area (Å²) in [4.78, 5) is 2.63. The highest BCUT2D eigenvalue weighted by atomic mass is 35.5. The van der Waals surface area contributed by atoms with Crippen LogP contribution in [0.5, 0.6) is 0 Å². The summed E-state index contributed by atoms with van der Waals surface area (Å²) in [7, 11) is 0. The Morgan fingerprint density at radius 2 is 1.93 bits per heavy atom. The maximum Gasteiger partial charge on any atom is 0.0177 e. The number of nitrogens with zero attached hydrogens (tertiary/aromatic N) is 1. The van der Waals surface area contributed by atoms with E-state index in [-0.39, 0.29) is 0 Å². The van der Waals surface area contributed by atoms with E-state index in [0.717, 1.165) is 18.5 Å². The van der Waals surface area contributed by atoms with Crippen LogP contribution in [0.15, 0.2) is 11.6 Å². The zero-order valence-electron chi connectivity index (χ0n) is 8.79. The van der Waals surface area contributed by atoms with Gasteiger partial charge in [-0.2, -0.15) is 0 Å². The predicted octanol–water partition coefficient (Wildman–Crippen LogP) is 3.39. The van der Waals surface area contributed by atoms with E-state index in [4.69, 9.17) is 11.6 Å². The fourth-order valence-corrected chi connectivity index (χ4v) is 3.21. The van der Waals surface area contributed by atoms with Crippen molar-refractivity contribution in [2.24, 2.45) is 5.92 Å². The molecule has 0 spiro atoms. The fourth-order valence-electron chi connectivity index (χ4n) is 3.13. The number of rotatable bonds is 2. The van der Waals surface area contributed by atoms with Crippen molar-refractivity contribution >= 4 is 11.6 Å². The van der Waals surface area contributed by atoms with E-state index >= 15 is 0 Å². The summed E-state index contributed by atoms with van der Waals surface area (Å²) in [6.07, 6.45) is 10.7. The average Bonchev–Trinajstić information content (AvgIpc) is 2.26. The first kappa shape index (κ1) is 10.5. The third kappa shape index (κ3) is 2.32. The molecule has 1 nitrogen and oxygen atoms in total. The van der Waals surface area contributed by atoms with Gasteiger partial charge in [-0.3, -0.25) is 4.90 Å². The monoisotopic (exact) mass is 213 g/mol. The van der Waals surface area contributed by atoms with Crippen LogP contribution in [0.4, 0.5) is 0 Å². The maximum absolute atomic E-state index is 5.59. The Morgan fingerprint density at radius 1 is 1.14 bits per heavy atom. The van der Waals surface area contributed by atoms with E-state index in [0.29, 0.717) is 0 Å². The number of fused-ring (bicyclic) bond motifs is 1. The summed E-state index contributed by atoms with van der Waals surface area (Å²) in [6, 6.07) is 0.866. The molecule has 0 radical (unpaired) electrons. The Kier molecular flexibility index (Phi) is 3.89. The van der Waals surface area contributed by atoms with Gasteiger partial charge in [0.15, 0.2) is 0 Å². The molecule has 0 aromatic carbocycles. The second-order valence-corrected chi connectivity index (χ2v) is 4.86. The summed E-state index contributed by atoms with van der Waals surface area (Å²) in [5, 5.41) is 0. The summed E-state index contributed by atoms with van der Waals surface area (Å²) >= 11 is 5.59. The van der Waals surface area contributed by atoms with Crippen molar-refractivity contribution in [2.45, 2.75) is 44.6 Å². The lowest BCUT2D eigenvalue weighted by Crippen LogP contribution is -2.46. The van der Waals surface area contributed by atoms with E-state index in [1.807, 2.05) is 0 Å². The molecule has 2 rings (SSSR count). The van der Waals surface area contributed by atoms with Crippen LogP contribution >= 0.6 is 11.6 Å². The van der Waals surface area contributed by atoms with Crippen LogP contribution < -0.4 is 0 Å². The third-order valence-corrected chi connectivity index (χ3v) is 3.97. The minimum Gasteiger partial charge on any atom is -0.296 e. The van der Waals surface area contributed by atoms with E-state index in [1.165, 1.54) is 45.1 Å². The lowest BCUT2D eigenvalue weighted by atomic mass is 9.78. The highest BCUT2D eigenvalue weighted by Gasteiger charge is 2.32. The van der Waals surface area contributed by atoms with E-state index in [1.54, 1.807) is 5.54 Å². The van der Waals surface area contributed by atoms with Crippen molar-refractivity contribution in [3.8, 4) is 0 Å². The summed E-state index contributed by atoms with van der Waals surface area (Å²) in [5.74, 6) is 0.987. The van der Waals surface area contributed by atoms with Crippen molar-refractivity contribution in [3.63, 3.8) is 0 Å². The zero-order chi connectivity index (χ0) is 9.80. The van der Waals surface area contributed by atoms with Gasteiger partial charge in [-0.25, -0.2) is 0 Å². The van der Waals surface area contributed by atoms with Crippen LogP contribution in [-0.4, -0.2) is 24.0 Å². The SMILES string of the molecule is Cl/C=C/CN1CCCC2CCCCC21. The molecule has 0 amide bonds. The molecule has 2 unspecified atom stereocenters. The Balaban J connectivity index is 1.94. The zero-order valence-corrected chi connectivity index (χ0v) is 9.55. The van der Waals surface area contributed by atoms with Gasteiger partial charge < -0.3 is 0 Å². The van der Waals surface area contributed by atoms with E-state index in [2.05, 4.69) is 11.0 Å². The van der Waals surface area contributed by atoms with Crippen LogP contribution in [0.25, 0.3) is 0 Å². The van der Waals surface area contributed by atoms with Crippen LogP contribution in [0.2, 0.25) is 0 Å². The van der Waals surface area contributed by atoms with Crippen molar-refractivity contribution in [1.29, 1.82) is 0 Å². The number of hydrogen-bond donors (Lipinski definition) is 0. The van der Waals surface area contributed by atoms with Gasteiger partial charge in [0.25, 0.3) is 0 Å². The van der Waals surface area contributed by atoms with Crippen molar-refractivity contribution in [2.75, 3.05) is 13.1 Å². The van der Waals surface area contributed by atoms with E-state index < -0.39 is 0 Å². The van der Waals surface area contributed by atoms with Gasteiger partial charge in [0, 0.05) is 18.1 Å². The van der Waals surface area contributed by atoms with Gasteiger partial charge in [-0.1, -0.05) is 30.5 Å². The van der Waals surface area contributed by atoms with Crippen LogP contribution in [0.3, 0.4) is 0 Å². The van der Waals surface area contributed by atoms with Crippen LogP contribution in [0.1, 0.15) is 38.5 Å². The normalized spacial score (nSPS) is 34.6.